The number of benzene rings is 1. The molecule has 0 aliphatic carbocycles. The maximum atomic E-state index is 11.4. The first-order valence-electron chi connectivity index (χ1n) is 5.09. The van der Waals surface area contributed by atoms with E-state index >= 15 is 0 Å². The van der Waals surface area contributed by atoms with Gasteiger partial charge in [-0.2, -0.15) is 0 Å². The lowest BCUT2D eigenvalue weighted by Crippen LogP contribution is -2.11. The molecule has 0 atom stereocenters. The largest absolute Gasteiger partial charge is 0.427 e. The van der Waals surface area contributed by atoms with E-state index in [2.05, 4.69) is 0 Å². The lowest BCUT2D eigenvalue weighted by atomic mass is 10.2. The number of ether oxygens (including phenoxy) is 1. The fraction of sp³-hybridized carbons (Fsp3) is 0.182. The average molecular weight is 268 g/mol. The number of carbonyl (C=O) groups excluding carboxylic acids is 1. The molecule has 0 amide bonds. The third kappa shape index (κ3) is 2.22. The molecule has 0 radical (unpaired) electrons. The number of esters is 1. The minimum Gasteiger partial charge on any atom is -0.427 e. The molecule has 96 valence electrons. The molecule has 0 aliphatic rings. The topological polar surface area (TPSA) is 91.4 Å². The van der Waals surface area contributed by atoms with E-state index in [9.17, 15) is 13.2 Å². The minimum absolute atomic E-state index is 0.0503. The zero-order valence-corrected chi connectivity index (χ0v) is 10.7. The third-order valence-corrected chi connectivity index (χ3v) is 3.43. The number of nitrogens with zero attached hydrogens (tertiary/aromatic N) is 1. The van der Waals surface area contributed by atoms with E-state index in [-0.39, 0.29) is 4.90 Å². The molecule has 0 bridgehead atoms. The minimum atomic E-state index is -3.77. The lowest BCUT2D eigenvalue weighted by Gasteiger charge is -2.02. The van der Waals surface area contributed by atoms with Crippen LogP contribution in [0.15, 0.2) is 29.3 Å². The number of sulfonamides is 1. The zero-order valence-electron chi connectivity index (χ0n) is 9.88. The Morgan fingerprint density at radius 1 is 1.39 bits per heavy atom. The molecule has 1 aromatic heterocycles. The van der Waals surface area contributed by atoms with Crippen molar-refractivity contribution in [1.29, 1.82) is 0 Å². The number of carbonyl (C=O) groups is 1. The van der Waals surface area contributed by atoms with Crippen molar-refractivity contribution in [3.05, 3.63) is 24.4 Å². The first kappa shape index (κ1) is 12.6. The molecule has 18 heavy (non-hydrogen) atoms. The van der Waals surface area contributed by atoms with Gasteiger partial charge in [-0.05, 0) is 12.1 Å². The number of rotatable bonds is 2. The number of aromatic nitrogens is 1. The first-order valence-corrected chi connectivity index (χ1v) is 6.64. The standard InChI is InChI=1S/C11H12N2O4S/c1-7(14)17-8-3-4-9-10(5-8)13(2)6-11(9)18(12,15)16/h3-6H,1-2H3,(H2,12,15,16). The van der Waals surface area contributed by atoms with Crippen molar-refractivity contribution in [1.82, 2.24) is 4.57 Å². The van der Waals surface area contributed by atoms with E-state index in [1.165, 1.54) is 19.2 Å². The van der Waals surface area contributed by atoms with Gasteiger partial charge in [0, 0.05) is 31.6 Å². The van der Waals surface area contributed by atoms with Crippen molar-refractivity contribution in [2.75, 3.05) is 0 Å². The van der Waals surface area contributed by atoms with E-state index in [1.54, 1.807) is 23.7 Å². The van der Waals surface area contributed by atoms with E-state index in [0.29, 0.717) is 16.7 Å². The monoisotopic (exact) mass is 268 g/mol. The Labute approximate surface area is 104 Å². The molecule has 0 fully saturated rings. The molecule has 0 saturated carbocycles. The maximum absolute atomic E-state index is 11.4. The third-order valence-electron chi connectivity index (χ3n) is 2.49. The zero-order chi connectivity index (χ0) is 13.5. The summed E-state index contributed by atoms with van der Waals surface area (Å²) < 4.78 is 29.4. The lowest BCUT2D eigenvalue weighted by molar-refractivity contribution is -0.131. The molecule has 1 aromatic carbocycles. The molecular formula is C11H12N2O4S. The van der Waals surface area contributed by atoms with Gasteiger partial charge < -0.3 is 9.30 Å². The highest BCUT2D eigenvalue weighted by Gasteiger charge is 2.16. The quantitative estimate of drug-likeness (QED) is 0.642. The Bertz CT molecular complexity index is 731. The number of fused-ring (bicyclic) bond motifs is 1. The predicted octanol–water partition coefficient (Wildman–Crippen LogP) is 0.751. The van der Waals surface area contributed by atoms with E-state index in [1.807, 2.05) is 0 Å². The Morgan fingerprint density at radius 2 is 2.06 bits per heavy atom. The average Bonchev–Trinajstić information content (AvgIpc) is 2.55. The van der Waals surface area contributed by atoms with Crippen LogP contribution < -0.4 is 9.88 Å². The Kier molecular flexibility index (Phi) is 2.88. The number of hydrogen-bond donors (Lipinski definition) is 1. The summed E-state index contributed by atoms with van der Waals surface area (Å²) in [5, 5.41) is 5.62. The van der Waals surface area contributed by atoms with Crippen LogP contribution in [0.5, 0.6) is 5.75 Å². The van der Waals surface area contributed by atoms with Crippen molar-refractivity contribution < 1.29 is 17.9 Å². The fourth-order valence-electron chi connectivity index (χ4n) is 1.78. The number of nitrogens with two attached hydrogens (primary N) is 1. The summed E-state index contributed by atoms with van der Waals surface area (Å²) in [5.41, 5.74) is 0.623. The van der Waals surface area contributed by atoms with E-state index in [0.717, 1.165) is 0 Å². The number of hydrogen-bond acceptors (Lipinski definition) is 4. The highest BCUT2D eigenvalue weighted by Crippen LogP contribution is 2.27. The Morgan fingerprint density at radius 3 is 2.61 bits per heavy atom. The molecular weight excluding hydrogens is 256 g/mol. The van der Waals surface area contributed by atoms with Crippen molar-refractivity contribution >= 4 is 26.9 Å². The SMILES string of the molecule is CC(=O)Oc1ccc2c(S(N)(=O)=O)cn(C)c2c1. The van der Waals surface area contributed by atoms with E-state index in [4.69, 9.17) is 9.88 Å². The summed E-state index contributed by atoms with van der Waals surface area (Å²) in [6.45, 7) is 1.30. The van der Waals surface area contributed by atoms with Crippen LogP contribution in [0.3, 0.4) is 0 Å². The van der Waals surface area contributed by atoms with Crippen LogP contribution >= 0.6 is 0 Å². The number of aryl methyl sites for hydroxylation is 1. The second-order valence-corrected chi connectivity index (χ2v) is 5.45. The van der Waals surface area contributed by atoms with Crippen molar-refractivity contribution in [2.45, 2.75) is 11.8 Å². The van der Waals surface area contributed by atoms with Crippen LogP contribution in [0.4, 0.5) is 0 Å². The molecule has 1 heterocycles. The smallest absolute Gasteiger partial charge is 0.308 e. The highest BCUT2D eigenvalue weighted by atomic mass is 32.2. The van der Waals surface area contributed by atoms with Crippen molar-refractivity contribution in [3.63, 3.8) is 0 Å². The van der Waals surface area contributed by atoms with Crippen LogP contribution in [0.1, 0.15) is 6.92 Å². The highest BCUT2D eigenvalue weighted by molar-refractivity contribution is 7.89. The Hall–Kier alpha value is -1.86. The summed E-state index contributed by atoms with van der Waals surface area (Å²) in [5.74, 6) is -0.0765. The summed E-state index contributed by atoms with van der Waals surface area (Å²) in [6.07, 6.45) is 1.43. The molecule has 6 nitrogen and oxygen atoms in total. The molecule has 0 aliphatic heterocycles. The van der Waals surface area contributed by atoms with Crippen molar-refractivity contribution in [3.8, 4) is 5.75 Å². The molecule has 7 heteroatoms. The van der Waals surface area contributed by atoms with Gasteiger partial charge in [-0.1, -0.05) is 0 Å². The summed E-state index contributed by atoms with van der Waals surface area (Å²) >= 11 is 0. The van der Waals surface area contributed by atoms with Gasteiger partial charge >= 0.3 is 5.97 Å². The number of primary sulfonamides is 1. The fourth-order valence-corrected chi connectivity index (χ4v) is 2.57. The molecule has 2 rings (SSSR count). The second kappa shape index (κ2) is 4.11. The molecule has 2 aromatic rings. The molecule has 0 unspecified atom stereocenters. The van der Waals surface area contributed by atoms with Crippen LogP contribution in [0.2, 0.25) is 0 Å². The van der Waals surface area contributed by atoms with Gasteiger partial charge in [-0.15, -0.1) is 0 Å². The predicted molar refractivity (Wildman–Crippen MR) is 65.6 cm³/mol. The van der Waals surface area contributed by atoms with Crippen LogP contribution in [0, 0.1) is 0 Å². The molecule has 2 N–H and O–H groups in total. The van der Waals surface area contributed by atoms with Crippen LogP contribution in [-0.2, 0) is 21.9 Å². The Balaban J connectivity index is 2.66. The van der Waals surface area contributed by atoms with Gasteiger partial charge in [-0.3, -0.25) is 4.79 Å². The second-order valence-electron chi connectivity index (χ2n) is 3.92. The van der Waals surface area contributed by atoms with E-state index < -0.39 is 16.0 Å². The van der Waals surface area contributed by atoms with Gasteiger partial charge in [0.1, 0.15) is 10.6 Å². The molecule has 0 saturated heterocycles. The van der Waals surface area contributed by atoms with Crippen molar-refractivity contribution in [2.24, 2.45) is 12.2 Å². The van der Waals surface area contributed by atoms with Crippen LogP contribution in [0.25, 0.3) is 10.9 Å². The first-order chi connectivity index (χ1) is 8.29. The van der Waals surface area contributed by atoms with Gasteiger partial charge in [0.2, 0.25) is 10.0 Å². The van der Waals surface area contributed by atoms with Gasteiger partial charge in [0.15, 0.2) is 0 Å². The summed E-state index contributed by atoms with van der Waals surface area (Å²) in [4.78, 5) is 10.9. The van der Waals surface area contributed by atoms with Crippen LogP contribution in [-0.4, -0.2) is 19.0 Å². The van der Waals surface area contributed by atoms with Gasteiger partial charge in [0.25, 0.3) is 0 Å². The normalized spacial score (nSPS) is 11.7. The van der Waals surface area contributed by atoms with Gasteiger partial charge in [-0.25, -0.2) is 13.6 Å². The summed E-state index contributed by atoms with van der Waals surface area (Å²) in [6, 6.07) is 4.68. The van der Waals surface area contributed by atoms with Gasteiger partial charge in [0.05, 0.1) is 5.52 Å². The molecule has 0 spiro atoms. The summed E-state index contributed by atoms with van der Waals surface area (Å²) in [7, 11) is -2.08. The maximum Gasteiger partial charge on any atom is 0.308 e.